The van der Waals surface area contributed by atoms with Crippen molar-refractivity contribution in [2.75, 3.05) is 0 Å². The minimum atomic E-state index is -5.95. The molecule has 3 aromatic rings. The maximum Gasteiger partial charge on any atom is 0.436 e. The van der Waals surface area contributed by atoms with E-state index in [2.05, 4.69) is 4.98 Å². The smallest absolute Gasteiger partial charge is 0.263 e. The lowest BCUT2D eigenvalue weighted by molar-refractivity contribution is -0.145. The first-order valence-corrected chi connectivity index (χ1v) is 12.2. The van der Waals surface area contributed by atoms with Crippen LogP contribution in [0, 0.1) is 80.5 Å². The molecule has 1 aliphatic rings. The predicted octanol–water partition coefficient (Wildman–Crippen LogP) is 7.88. The van der Waals surface area contributed by atoms with Crippen LogP contribution in [-0.4, -0.2) is 15.0 Å². The molecule has 0 bridgehead atoms. The van der Waals surface area contributed by atoms with Crippen molar-refractivity contribution in [2.45, 2.75) is 18.5 Å². The summed E-state index contributed by atoms with van der Waals surface area (Å²) in [5.41, 5.74) is -25.2. The van der Waals surface area contributed by atoms with Gasteiger partial charge in [0, 0.05) is 34.7 Å². The Balaban J connectivity index is 2.39. The number of allylic oxidation sites excluding steroid dienone is 6. The summed E-state index contributed by atoms with van der Waals surface area (Å²) in [5.74, 6) is -16.7. The fourth-order valence-corrected chi connectivity index (χ4v) is 4.52. The van der Waals surface area contributed by atoms with Gasteiger partial charge in [0.05, 0.1) is 39.0 Å². The average molecular weight is 721 g/mol. The lowest BCUT2D eigenvalue weighted by atomic mass is 9.95. The summed E-state index contributed by atoms with van der Waals surface area (Å²) in [6, 6.07) is 3.89. The zero-order valence-corrected chi connectivity index (χ0v) is 23.0. The molecule has 50 heavy (non-hydrogen) atoms. The molecule has 0 aliphatic heterocycles. The normalized spacial score (nSPS) is 16.1. The zero-order chi connectivity index (χ0) is 37.8. The standard InChI is InChI=1S/C28H2F15N7/c29-18-16(20(31)24(33)49-22(18)27(38,39)40)9(3-46)14-13(8(2-45)12-7(1-44)5-48-6-11(12)26(35,36)37)15(14)10(4-47)17-19(30)23(28(41,42)43)50-25(34)21(17)32/h5-6H/b13-8?,14-9-,15-10+. The second-order valence-electron chi connectivity index (χ2n) is 9.31. The molecule has 1 saturated carbocycles. The van der Waals surface area contributed by atoms with Crippen molar-refractivity contribution in [3.05, 3.63) is 103 Å². The third-order valence-electron chi connectivity index (χ3n) is 6.51. The van der Waals surface area contributed by atoms with Crippen molar-refractivity contribution < 1.29 is 65.9 Å². The Morgan fingerprint density at radius 2 is 0.860 bits per heavy atom. The predicted molar refractivity (Wildman–Crippen MR) is 130 cm³/mol. The van der Waals surface area contributed by atoms with Crippen molar-refractivity contribution in [3.8, 4) is 24.3 Å². The summed E-state index contributed by atoms with van der Waals surface area (Å²) in [5, 5.41) is 39.0. The van der Waals surface area contributed by atoms with E-state index in [0.29, 0.717) is 6.20 Å². The van der Waals surface area contributed by atoms with Crippen molar-refractivity contribution >= 4 is 16.7 Å². The van der Waals surface area contributed by atoms with Crippen LogP contribution in [0.25, 0.3) is 16.7 Å². The van der Waals surface area contributed by atoms with Gasteiger partial charge in [0.15, 0.2) is 34.7 Å². The van der Waals surface area contributed by atoms with E-state index >= 15 is 8.78 Å². The molecule has 3 heterocycles. The molecule has 0 unspecified atom stereocenters. The third kappa shape index (κ3) is 5.92. The van der Waals surface area contributed by atoms with E-state index in [1.165, 1.54) is 6.07 Å². The van der Waals surface area contributed by atoms with Gasteiger partial charge < -0.3 is 0 Å². The van der Waals surface area contributed by atoms with E-state index in [-0.39, 0.29) is 6.20 Å². The first-order chi connectivity index (χ1) is 23.1. The maximum atomic E-state index is 15.2. The first-order valence-electron chi connectivity index (χ1n) is 12.2. The van der Waals surface area contributed by atoms with E-state index in [1.807, 2.05) is 9.97 Å². The highest BCUT2D eigenvalue weighted by atomic mass is 19.4. The van der Waals surface area contributed by atoms with Crippen LogP contribution >= 0.6 is 0 Å². The van der Waals surface area contributed by atoms with Crippen LogP contribution in [0.2, 0.25) is 0 Å². The molecule has 7 nitrogen and oxygen atoms in total. The monoisotopic (exact) mass is 721 g/mol. The Kier molecular flexibility index (Phi) is 8.91. The van der Waals surface area contributed by atoms with Crippen LogP contribution in [0.5, 0.6) is 0 Å². The summed E-state index contributed by atoms with van der Waals surface area (Å²) in [4.78, 5) is 7.21. The lowest BCUT2D eigenvalue weighted by Crippen LogP contribution is -2.16. The molecule has 0 amide bonds. The highest BCUT2D eigenvalue weighted by Gasteiger charge is 2.49. The van der Waals surface area contributed by atoms with Crippen LogP contribution in [0.1, 0.15) is 39.2 Å². The quantitative estimate of drug-likeness (QED) is 0.153. The van der Waals surface area contributed by atoms with Crippen molar-refractivity contribution in [2.24, 2.45) is 0 Å². The largest absolute Gasteiger partial charge is 0.436 e. The highest BCUT2D eigenvalue weighted by Crippen LogP contribution is 2.58. The molecule has 3 aromatic heterocycles. The molecule has 0 aromatic carbocycles. The van der Waals surface area contributed by atoms with Crippen LogP contribution in [0.15, 0.2) is 29.1 Å². The number of nitrogens with zero attached hydrogens (tertiary/aromatic N) is 7. The summed E-state index contributed by atoms with van der Waals surface area (Å²) in [7, 11) is 0. The van der Waals surface area contributed by atoms with Gasteiger partial charge in [-0.05, 0) is 0 Å². The van der Waals surface area contributed by atoms with Crippen molar-refractivity contribution in [1.29, 1.82) is 21.0 Å². The van der Waals surface area contributed by atoms with Crippen LogP contribution in [0.4, 0.5) is 65.9 Å². The Labute approximate surface area is 265 Å². The third-order valence-corrected chi connectivity index (χ3v) is 6.51. The fraction of sp³-hybridized carbons (Fsp3) is 0.107. The number of nitriles is 4. The van der Waals surface area contributed by atoms with Crippen molar-refractivity contribution in [1.82, 2.24) is 15.0 Å². The lowest BCUT2D eigenvalue weighted by Gasteiger charge is -2.12. The molecule has 4 rings (SSSR count). The number of hydrogen-bond acceptors (Lipinski definition) is 7. The van der Waals surface area contributed by atoms with E-state index in [4.69, 9.17) is 0 Å². The van der Waals surface area contributed by atoms with Gasteiger partial charge in [-0.1, -0.05) is 0 Å². The highest BCUT2D eigenvalue weighted by molar-refractivity contribution is 6.12. The van der Waals surface area contributed by atoms with Gasteiger partial charge in [-0.25, -0.2) is 27.5 Å². The average Bonchev–Trinajstić information content (AvgIpc) is 3.73. The minimum absolute atomic E-state index is 0.0139. The Bertz CT molecular complexity index is 2170. The number of pyridine rings is 3. The summed E-state index contributed by atoms with van der Waals surface area (Å²) < 4.78 is 211. The molecule has 0 N–H and O–H groups in total. The van der Waals surface area contributed by atoms with Gasteiger partial charge in [-0.15, -0.1) is 0 Å². The number of rotatable bonds is 3. The van der Waals surface area contributed by atoms with Crippen LogP contribution in [-0.2, 0) is 18.5 Å². The van der Waals surface area contributed by atoms with E-state index < -0.39 is 126 Å². The van der Waals surface area contributed by atoms with Gasteiger partial charge in [0.25, 0.3) is 0 Å². The molecule has 0 spiro atoms. The molecule has 1 aliphatic carbocycles. The SMILES string of the molecule is N#CC(=C1C(=C(/C#N)c2c(F)c(F)nc(C(F)(F)F)c2F)/C1=C(/C#N)c1c(F)c(F)nc(C(F)(F)F)c1F)c1c(C#N)cncc1C(F)(F)F. The van der Waals surface area contributed by atoms with E-state index in [0.717, 1.165) is 18.2 Å². The van der Waals surface area contributed by atoms with Gasteiger partial charge in [0.1, 0.15) is 24.3 Å². The number of alkyl halides is 9. The molecule has 254 valence electrons. The van der Waals surface area contributed by atoms with Crippen molar-refractivity contribution in [3.63, 3.8) is 0 Å². The minimum Gasteiger partial charge on any atom is -0.263 e. The van der Waals surface area contributed by atoms with E-state index in [9.17, 15) is 78.1 Å². The van der Waals surface area contributed by atoms with E-state index in [1.54, 1.807) is 0 Å². The molecule has 0 radical (unpaired) electrons. The topological polar surface area (TPSA) is 134 Å². The maximum absolute atomic E-state index is 15.2. The second-order valence-corrected chi connectivity index (χ2v) is 9.31. The number of aromatic nitrogens is 3. The fourth-order valence-electron chi connectivity index (χ4n) is 4.52. The van der Waals surface area contributed by atoms with Gasteiger partial charge in [-0.2, -0.15) is 69.3 Å². The molecule has 0 saturated heterocycles. The molecular weight excluding hydrogens is 719 g/mol. The zero-order valence-electron chi connectivity index (χ0n) is 23.0. The Morgan fingerprint density at radius 1 is 0.500 bits per heavy atom. The molecule has 22 heteroatoms. The first kappa shape index (κ1) is 36.4. The summed E-state index contributed by atoms with van der Waals surface area (Å²) in [6.45, 7) is 0. The molecular formula is C28H2F15N7. The summed E-state index contributed by atoms with van der Waals surface area (Å²) >= 11 is 0. The molecule has 1 fully saturated rings. The van der Waals surface area contributed by atoms with Crippen LogP contribution in [0.3, 0.4) is 0 Å². The van der Waals surface area contributed by atoms with Gasteiger partial charge in [-0.3, -0.25) is 4.98 Å². The number of hydrogen-bond donors (Lipinski definition) is 0. The Hall–Kier alpha value is -6.42. The Morgan fingerprint density at radius 3 is 1.16 bits per heavy atom. The molecule has 0 atom stereocenters. The van der Waals surface area contributed by atoms with Crippen LogP contribution < -0.4 is 0 Å². The van der Waals surface area contributed by atoms with Gasteiger partial charge >= 0.3 is 18.5 Å². The van der Waals surface area contributed by atoms with Gasteiger partial charge in [0.2, 0.25) is 11.9 Å². The summed E-state index contributed by atoms with van der Waals surface area (Å²) in [6.07, 6.45) is -17.1. The second kappa shape index (κ2) is 12.2. The number of halogens is 15.